The lowest BCUT2D eigenvalue weighted by atomic mass is 10.1. The molecule has 0 aliphatic heterocycles. The van der Waals surface area contributed by atoms with Gasteiger partial charge in [-0.3, -0.25) is 19.0 Å². The first-order valence-electron chi connectivity index (χ1n) is 11.8. The van der Waals surface area contributed by atoms with Crippen molar-refractivity contribution >= 4 is 38.9 Å². The van der Waals surface area contributed by atoms with E-state index in [4.69, 9.17) is 0 Å². The molecule has 0 aliphatic carbocycles. The van der Waals surface area contributed by atoms with Crippen LogP contribution in [0.4, 0.5) is 5.69 Å². The molecule has 0 aliphatic rings. The summed E-state index contributed by atoms with van der Waals surface area (Å²) >= 11 is 0. The van der Waals surface area contributed by atoms with E-state index in [2.05, 4.69) is 20.2 Å². The van der Waals surface area contributed by atoms with Crippen molar-refractivity contribution in [1.29, 1.82) is 0 Å². The standard InChI is InChI=1S/C30H21N5O2/c1-19(17-27(36)21-7-3-2-4-8-21)33-34-28-24-18-22(20-13-15-31-16-14-20)11-12-26(24)35-29(28)32-25-10-6-5-9-23(25)30(35)37/h2-18,32H,1H3/b19-17-,34-33?. The topological polar surface area (TPSA) is 91.9 Å². The number of benzene rings is 3. The first-order valence-corrected chi connectivity index (χ1v) is 11.8. The van der Waals surface area contributed by atoms with Gasteiger partial charge in [0.05, 0.1) is 22.1 Å². The third kappa shape index (κ3) is 4.02. The molecule has 3 aromatic heterocycles. The monoisotopic (exact) mass is 483 g/mol. The Kier molecular flexibility index (Phi) is 5.50. The Balaban J connectivity index is 1.56. The van der Waals surface area contributed by atoms with Gasteiger partial charge < -0.3 is 4.98 Å². The van der Waals surface area contributed by atoms with E-state index in [0.717, 1.165) is 22.0 Å². The summed E-state index contributed by atoms with van der Waals surface area (Å²) in [6.45, 7) is 1.73. The molecule has 178 valence electrons. The van der Waals surface area contributed by atoms with Crippen LogP contribution in [0.1, 0.15) is 17.3 Å². The van der Waals surface area contributed by atoms with Gasteiger partial charge in [0.1, 0.15) is 11.3 Å². The zero-order valence-electron chi connectivity index (χ0n) is 19.9. The van der Waals surface area contributed by atoms with E-state index < -0.39 is 0 Å². The average molecular weight is 484 g/mol. The molecule has 0 radical (unpaired) electrons. The highest BCUT2D eigenvalue weighted by atomic mass is 16.1. The number of H-pyrrole nitrogens is 1. The van der Waals surface area contributed by atoms with E-state index >= 15 is 0 Å². The summed E-state index contributed by atoms with van der Waals surface area (Å²) in [5.74, 6) is -0.150. The average Bonchev–Trinajstić information content (AvgIpc) is 3.25. The molecule has 0 bridgehead atoms. The molecule has 1 N–H and O–H groups in total. The molecule has 3 aromatic carbocycles. The van der Waals surface area contributed by atoms with Gasteiger partial charge in [-0.05, 0) is 54.4 Å². The van der Waals surface area contributed by atoms with Crippen LogP contribution >= 0.6 is 0 Å². The van der Waals surface area contributed by atoms with Crippen molar-refractivity contribution in [2.24, 2.45) is 10.2 Å². The molecule has 0 unspecified atom stereocenters. The molecule has 7 heteroatoms. The molecule has 0 amide bonds. The van der Waals surface area contributed by atoms with Crippen LogP contribution in [0.3, 0.4) is 0 Å². The number of ketones is 1. The Morgan fingerprint density at radius 2 is 1.65 bits per heavy atom. The van der Waals surface area contributed by atoms with Gasteiger partial charge in [-0.25, -0.2) is 0 Å². The number of fused-ring (bicyclic) bond motifs is 4. The van der Waals surface area contributed by atoms with Gasteiger partial charge in [0, 0.05) is 29.4 Å². The van der Waals surface area contributed by atoms with Gasteiger partial charge in [0.2, 0.25) is 0 Å². The minimum atomic E-state index is -0.150. The maximum absolute atomic E-state index is 13.5. The van der Waals surface area contributed by atoms with Crippen LogP contribution in [-0.2, 0) is 0 Å². The number of azo groups is 1. The number of para-hydroxylation sites is 1. The van der Waals surface area contributed by atoms with Crippen molar-refractivity contribution in [2.45, 2.75) is 6.92 Å². The normalized spacial score (nSPS) is 12.2. The largest absolute Gasteiger partial charge is 0.339 e. The number of hydrogen-bond donors (Lipinski definition) is 1. The van der Waals surface area contributed by atoms with E-state index in [1.807, 2.05) is 66.7 Å². The Morgan fingerprint density at radius 1 is 0.892 bits per heavy atom. The van der Waals surface area contributed by atoms with Crippen LogP contribution in [0, 0.1) is 0 Å². The number of rotatable bonds is 5. The van der Waals surface area contributed by atoms with E-state index in [1.165, 1.54) is 6.08 Å². The number of allylic oxidation sites excluding steroid dienone is 2. The maximum atomic E-state index is 13.5. The predicted octanol–water partition coefficient (Wildman–Crippen LogP) is 6.87. The molecule has 37 heavy (non-hydrogen) atoms. The highest BCUT2D eigenvalue weighted by Crippen LogP contribution is 2.36. The molecule has 0 fully saturated rings. The summed E-state index contributed by atoms with van der Waals surface area (Å²) in [4.78, 5) is 33.6. The Hall–Kier alpha value is -5.17. The lowest BCUT2D eigenvalue weighted by molar-refractivity contribution is 0.104. The van der Waals surface area contributed by atoms with Crippen molar-refractivity contribution in [3.63, 3.8) is 0 Å². The molecule has 7 nitrogen and oxygen atoms in total. The minimum Gasteiger partial charge on any atom is -0.339 e. The van der Waals surface area contributed by atoms with Gasteiger partial charge in [-0.1, -0.05) is 48.5 Å². The van der Waals surface area contributed by atoms with Gasteiger partial charge in [0.25, 0.3) is 5.56 Å². The Morgan fingerprint density at radius 3 is 2.46 bits per heavy atom. The first kappa shape index (κ1) is 22.3. The van der Waals surface area contributed by atoms with E-state index in [-0.39, 0.29) is 11.3 Å². The Bertz CT molecular complexity index is 1920. The maximum Gasteiger partial charge on any atom is 0.266 e. The smallest absolute Gasteiger partial charge is 0.266 e. The van der Waals surface area contributed by atoms with Crippen LogP contribution in [0.2, 0.25) is 0 Å². The molecular formula is C30H21N5O2. The number of aromatic nitrogens is 3. The molecule has 0 saturated heterocycles. The van der Waals surface area contributed by atoms with Crippen molar-refractivity contribution in [2.75, 3.05) is 0 Å². The molecule has 0 atom stereocenters. The number of aromatic amines is 1. The summed E-state index contributed by atoms with van der Waals surface area (Å²) in [5.41, 5.74) is 5.34. The highest BCUT2D eigenvalue weighted by molar-refractivity contribution is 6.05. The fourth-order valence-corrected chi connectivity index (χ4v) is 4.49. The van der Waals surface area contributed by atoms with Gasteiger partial charge in [0.15, 0.2) is 5.78 Å². The second kappa shape index (κ2) is 9.13. The third-order valence-electron chi connectivity index (χ3n) is 6.27. The van der Waals surface area contributed by atoms with Crippen molar-refractivity contribution in [3.05, 3.63) is 125 Å². The molecule has 3 heterocycles. The van der Waals surface area contributed by atoms with E-state index in [9.17, 15) is 9.59 Å². The van der Waals surface area contributed by atoms with Crippen molar-refractivity contribution in [3.8, 4) is 11.1 Å². The van der Waals surface area contributed by atoms with Crippen LogP contribution in [0.5, 0.6) is 0 Å². The lowest BCUT2D eigenvalue weighted by Gasteiger charge is -2.02. The summed E-state index contributed by atoms with van der Waals surface area (Å²) in [6, 6.07) is 26.2. The molecule has 6 rings (SSSR count). The number of nitrogens with zero attached hydrogens (tertiary/aromatic N) is 4. The van der Waals surface area contributed by atoms with Gasteiger partial charge in [-0.2, -0.15) is 5.11 Å². The zero-order chi connectivity index (χ0) is 25.4. The highest BCUT2D eigenvalue weighted by Gasteiger charge is 2.17. The predicted molar refractivity (Wildman–Crippen MR) is 145 cm³/mol. The number of hydrogen-bond acceptors (Lipinski definition) is 5. The van der Waals surface area contributed by atoms with Crippen LogP contribution in [-0.4, -0.2) is 20.2 Å². The molecular weight excluding hydrogens is 462 g/mol. The first-order chi connectivity index (χ1) is 18.1. The van der Waals surface area contributed by atoms with Crippen molar-refractivity contribution in [1.82, 2.24) is 14.4 Å². The molecule has 6 aromatic rings. The number of pyridine rings is 1. The molecule has 0 saturated carbocycles. The lowest BCUT2D eigenvalue weighted by Crippen LogP contribution is -2.13. The quantitative estimate of drug-likeness (QED) is 0.165. The van der Waals surface area contributed by atoms with Crippen molar-refractivity contribution < 1.29 is 4.79 Å². The van der Waals surface area contributed by atoms with Gasteiger partial charge >= 0.3 is 0 Å². The SMILES string of the molecule is C/C(=C/C(=O)c1ccccc1)N=Nc1c2cc(-c3ccncc3)ccc2n2c(=O)c3ccccc3[nH]c12. The number of carbonyl (C=O) groups excluding carboxylic acids is 1. The number of carbonyl (C=O) groups is 1. The fourth-order valence-electron chi connectivity index (χ4n) is 4.49. The zero-order valence-corrected chi connectivity index (χ0v) is 19.9. The Labute approximate surface area is 211 Å². The third-order valence-corrected chi connectivity index (χ3v) is 6.27. The summed E-state index contributed by atoms with van der Waals surface area (Å²) < 4.78 is 1.64. The van der Waals surface area contributed by atoms with E-state index in [0.29, 0.717) is 33.5 Å². The second-order valence-electron chi connectivity index (χ2n) is 8.69. The van der Waals surface area contributed by atoms with Crippen LogP contribution < -0.4 is 5.56 Å². The second-order valence-corrected chi connectivity index (χ2v) is 8.69. The number of nitrogens with one attached hydrogen (secondary N) is 1. The van der Waals surface area contributed by atoms with Gasteiger partial charge in [-0.15, -0.1) is 5.11 Å². The summed E-state index contributed by atoms with van der Waals surface area (Å²) in [7, 11) is 0. The van der Waals surface area contributed by atoms with E-state index in [1.54, 1.807) is 41.9 Å². The fraction of sp³-hybridized carbons (Fsp3) is 0.0333. The molecule has 0 spiro atoms. The van der Waals surface area contributed by atoms with Crippen LogP contribution in [0.15, 0.2) is 124 Å². The summed E-state index contributed by atoms with van der Waals surface area (Å²) in [6.07, 6.45) is 4.94. The summed E-state index contributed by atoms with van der Waals surface area (Å²) in [5, 5.41) is 10.3. The van der Waals surface area contributed by atoms with Crippen LogP contribution in [0.25, 0.3) is 38.6 Å². The minimum absolute atomic E-state index is 0.140.